The molecule has 0 fully saturated rings. The van der Waals surface area contributed by atoms with Crippen LogP contribution < -0.4 is 4.72 Å². The third kappa shape index (κ3) is 2.56. The predicted octanol–water partition coefficient (Wildman–Crippen LogP) is 1.18. The molecule has 0 saturated heterocycles. The second-order valence-electron chi connectivity index (χ2n) is 3.02. The molecule has 0 spiro atoms. The van der Waals surface area contributed by atoms with Crippen molar-refractivity contribution >= 4 is 26.5 Å². The molecule has 0 aliphatic rings. The van der Waals surface area contributed by atoms with Gasteiger partial charge >= 0.3 is 0 Å². The molecule has 0 aromatic carbocycles. The van der Waals surface area contributed by atoms with Gasteiger partial charge in [0.2, 0.25) is 10.2 Å². The van der Waals surface area contributed by atoms with Crippen molar-refractivity contribution in [3.63, 3.8) is 0 Å². The summed E-state index contributed by atoms with van der Waals surface area (Å²) in [5.74, 6) is -0.916. The Hall–Kier alpha value is -1.61. The summed E-state index contributed by atoms with van der Waals surface area (Å²) in [7, 11) is -4.06. The van der Waals surface area contributed by atoms with Gasteiger partial charge in [-0.1, -0.05) is 11.3 Å². The Labute approximate surface area is 101 Å². The van der Waals surface area contributed by atoms with Crippen LogP contribution in [0.4, 0.5) is 9.52 Å². The normalized spacial score (nSPS) is 11.4. The van der Waals surface area contributed by atoms with Crippen molar-refractivity contribution in [2.75, 3.05) is 4.72 Å². The summed E-state index contributed by atoms with van der Waals surface area (Å²) in [5, 5.41) is 7.25. The number of hydrogen-bond donors (Lipinski definition) is 1. The van der Waals surface area contributed by atoms with Crippen LogP contribution in [-0.2, 0) is 10.0 Å². The van der Waals surface area contributed by atoms with E-state index < -0.39 is 20.9 Å². The standard InChI is InChI=1S/C8H7FN4O2S2/c1-5-11-12-8(16-5)13-17(14,15)7-6(9)3-2-4-10-7/h2-4H,1H3,(H,12,13). The SMILES string of the molecule is Cc1nnc(NS(=O)(=O)c2ncccc2F)s1. The Morgan fingerprint density at radius 3 is 2.76 bits per heavy atom. The van der Waals surface area contributed by atoms with E-state index in [1.54, 1.807) is 6.92 Å². The highest BCUT2D eigenvalue weighted by atomic mass is 32.2. The first kappa shape index (κ1) is 11.9. The summed E-state index contributed by atoms with van der Waals surface area (Å²) < 4.78 is 38.9. The Balaban J connectivity index is 2.35. The Bertz CT molecular complexity index is 640. The van der Waals surface area contributed by atoms with Gasteiger partial charge in [0.25, 0.3) is 10.0 Å². The van der Waals surface area contributed by atoms with Crippen molar-refractivity contribution < 1.29 is 12.8 Å². The van der Waals surface area contributed by atoms with E-state index in [0.29, 0.717) is 5.01 Å². The molecule has 2 aromatic heterocycles. The fourth-order valence-corrected chi connectivity index (χ4v) is 2.90. The van der Waals surface area contributed by atoms with E-state index in [9.17, 15) is 12.8 Å². The van der Waals surface area contributed by atoms with Crippen LogP contribution >= 0.6 is 11.3 Å². The highest BCUT2D eigenvalue weighted by Gasteiger charge is 2.21. The maximum absolute atomic E-state index is 13.3. The molecule has 0 radical (unpaired) electrons. The number of sulfonamides is 1. The van der Waals surface area contributed by atoms with Crippen LogP contribution in [0.1, 0.15) is 5.01 Å². The van der Waals surface area contributed by atoms with Gasteiger partial charge in [0.15, 0.2) is 5.82 Å². The lowest BCUT2D eigenvalue weighted by molar-refractivity contribution is 0.556. The van der Waals surface area contributed by atoms with Crippen LogP contribution in [0.15, 0.2) is 23.4 Å². The average Bonchev–Trinajstić information content (AvgIpc) is 2.63. The lowest BCUT2D eigenvalue weighted by Gasteiger charge is -2.03. The molecule has 17 heavy (non-hydrogen) atoms. The van der Waals surface area contributed by atoms with E-state index in [-0.39, 0.29) is 5.13 Å². The van der Waals surface area contributed by atoms with E-state index >= 15 is 0 Å². The third-order valence-electron chi connectivity index (χ3n) is 1.73. The third-order valence-corrected chi connectivity index (χ3v) is 3.88. The highest BCUT2D eigenvalue weighted by Crippen LogP contribution is 2.19. The van der Waals surface area contributed by atoms with E-state index in [4.69, 9.17) is 0 Å². The van der Waals surface area contributed by atoms with Crippen molar-refractivity contribution in [2.45, 2.75) is 11.9 Å². The first-order chi connectivity index (χ1) is 7.99. The maximum Gasteiger partial charge on any atom is 0.284 e. The fourth-order valence-electron chi connectivity index (χ4n) is 1.07. The molecule has 0 unspecified atom stereocenters. The van der Waals surface area contributed by atoms with Gasteiger partial charge in [0, 0.05) is 6.20 Å². The molecule has 0 amide bonds. The van der Waals surface area contributed by atoms with Crippen molar-refractivity contribution in [3.8, 4) is 0 Å². The second-order valence-corrected chi connectivity index (χ2v) is 5.80. The van der Waals surface area contributed by atoms with E-state index in [2.05, 4.69) is 19.9 Å². The predicted molar refractivity (Wildman–Crippen MR) is 59.6 cm³/mol. The summed E-state index contributed by atoms with van der Waals surface area (Å²) in [5.41, 5.74) is 0. The summed E-state index contributed by atoms with van der Waals surface area (Å²) in [6, 6.07) is 2.33. The van der Waals surface area contributed by atoms with Gasteiger partial charge in [-0.05, 0) is 19.1 Å². The Morgan fingerprint density at radius 1 is 1.41 bits per heavy atom. The van der Waals surface area contributed by atoms with Gasteiger partial charge in [-0.2, -0.15) is 8.42 Å². The lowest BCUT2D eigenvalue weighted by atomic mass is 10.5. The molecule has 0 bridgehead atoms. The molecule has 1 N–H and O–H groups in total. The van der Waals surface area contributed by atoms with Gasteiger partial charge in [-0.25, -0.2) is 9.37 Å². The minimum Gasteiger partial charge on any atom is -0.252 e. The summed E-state index contributed by atoms with van der Waals surface area (Å²) in [6.45, 7) is 1.68. The number of halogens is 1. The average molecular weight is 274 g/mol. The largest absolute Gasteiger partial charge is 0.284 e. The quantitative estimate of drug-likeness (QED) is 0.908. The Kier molecular flexibility index (Phi) is 3.03. The van der Waals surface area contributed by atoms with Crippen LogP contribution in [0.25, 0.3) is 0 Å². The number of aryl methyl sites for hydroxylation is 1. The molecule has 2 heterocycles. The summed E-state index contributed by atoms with van der Waals surface area (Å²) in [6.07, 6.45) is 1.20. The number of nitrogens with zero attached hydrogens (tertiary/aromatic N) is 3. The smallest absolute Gasteiger partial charge is 0.252 e. The van der Waals surface area contributed by atoms with Crippen molar-refractivity contribution in [1.82, 2.24) is 15.2 Å². The van der Waals surface area contributed by atoms with Gasteiger partial charge in [0.1, 0.15) is 5.01 Å². The zero-order valence-electron chi connectivity index (χ0n) is 8.58. The molecular weight excluding hydrogens is 267 g/mol. The maximum atomic E-state index is 13.3. The van der Waals surface area contributed by atoms with Crippen LogP contribution in [0.2, 0.25) is 0 Å². The monoisotopic (exact) mass is 274 g/mol. The minimum atomic E-state index is -4.06. The topological polar surface area (TPSA) is 84.8 Å². The molecule has 6 nitrogen and oxygen atoms in total. The molecule has 9 heteroatoms. The number of rotatable bonds is 3. The molecular formula is C8H7FN4O2S2. The van der Waals surface area contributed by atoms with Crippen molar-refractivity contribution in [3.05, 3.63) is 29.2 Å². The van der Waals surface area contributed by atoms with Gasteiger partial charge in [-0.3, -0.25) is 4.72 Å². The molecule has 90 valence electrons. The minimum absolute atomic E-state index is 0.0764. The zero-order valence-corrected chi connectivity index (χ0v) is 10.2. The number of anilines is 1. The fraction of sp³-hybridized carbons (Fsp3) is 0.125. The number of pyridine rings is 1. The first-order valence-electron chi connectivity index (χ1n) is 4.42. The van der Waals surface area contributed by atoms with Crippen molar-refractivity contribution in [2.24, 2.45) is 0 Å². The van der Waals surface area contributed by atoms with E-state index in [1.165, 1.54) is 12.3 Å². The van der Waals surface area contributed by atoms with Crippen molar-refractivity contribution in [1.29, 1.82) is 0 Å². The molecule has 0 atom stereocenters. The number of aromatic nitrogens is 3. The number of hydrogen-bond acceptors (Lipinski definition) is 6. The van der Waals surface area contributed by atoms with Gasteiger partial charge in [0.05, 0.1) is 0 Å². The van der Waals surface area contributed by atoms with E-state index in [1.807, 2.05) is 0 Å². The van der Waals surface area contributed by atoms with Crippen LogP contribution in [0, 0.1) is 12.7 Å². The van der Waals surface area contributed by atoms with Gasteiger partial charge in [-0.15, -0.1) is 10.2 Å². The van der Waals surface area contributed by atoms with E-state index in [0.717, 1.165) is 17.4 Å². The molecule has 2 aromatic rings. The second kappa shape index (κ2) is 4.34. The summed E-state index contributed by atoms with van der Waals surface area (Å²) >= 11 is 1.05. The zero-order chi connectivity index (χ0) is 12.5. The first-order valence-corrected chi connectivity index (χ1v) is 6.72. The lowest BCUT2D eigenvalue weighted by Crippen LogP contribution is -2.16. The number of nitrogens with one attached hydrogen (secondary N) is 1. The molecule has 2 rings (SSSR count). The van der Waals surface area contributed by atoms with Crippen LogP contribution in [-0.4, -0.2) is 23.6 Å². The van der Waals surface area contributed by atoms with Crippen LogP contribution in [0.3, 0.4) is 0 Å². The Morgan fingerprint density at radius 2 is 2.18 bits per heavy atom. The summed E-state index contributed by atoms with van der Waals surface area (Å²) in [4.78, 5) is 3.48. The highest BCUT2D eigenvalue weighted by molar-refractivity contribution is 7.92. The molecule has 0 aliphatic carbocycles. The van der Waals surface area contributed by atoms with Crippen LogP contribution in [0.5, 0.6) is 0 Å². The molecule has 0 aliphatic heterocycles. The van der Waals surface area contributed by atoms with Gasteiger partial charge < -0.3 is 0 Å². The molecule has 0 saturated carbocycles.